The number of halogens is 1. The second kappa shape index (κ2) is 8.36. The lowest BCUT2D eigenvalue weighted by atomic mass is 10.1. The van der Waals surface area contributed by atoms with Crippen LogP contribution < -0.4 is 10.1 Å². The molecule has 6 heteroatoms. The van der Waals surface area contributed by atoms with Gasteiger partial charge in [0.25, 0.3) is 0 Å². The molecule has 0 aliphatic carbocycles. The van der Waals surface area contributed by atoms with E-state index in [4.69, 9.17) is 9.15 Å². The first-order chi connectivity index (χ1) is 12.2. The van der Waals surface area contributed by atoms with Crippen LogP contribution in [0, 0.1) is 11.3 Å². The lowest BCUT2D eigenvalue weighted by Crippen LogP contribution is -2.05. The third-order valence-electron chi connectivity index (χ3n) is 3.50. The van der Waals surface area contributed by atoms with Crippen LogP contribution in [0.25, 0.3) is 0 Å². The van der Waals surface area contributed by atoms with Crippen molar-refractivity contribution < 1.29 is 9.15 Å². The van der Waals surface area contributed by atoms with E-state index in [1.807, 2.05) is 48.5 Å². The molecule has 3 aromatic rings. The lowest BCUT2D eigenvalue weighted by molar-refractivity contribution is 0.265. The summed E-state index contributed by atoms with van der Waals surface area (Å²) >= 11 is 3.37. The Labute approximate surface area is 154 Å². The van der Waals surface area contributed by atoms with Crippen LogP contribution in [0.15, 0.2) is 63.5 Å². The Bertz CT molecular complexity index is 855. The Morgan fingerprint density at radius 2 is 1.88 bits per heavy atom. The van der Waals surface area contributed by atoms with Gasteiger partial charge in [0.15, 0.2) is 6.61 Å². The van der Waals surface area contributed by atoms with E-state index in [1.54, 1.807) is 0 Å². The maximum Gasteiger partial charge on any atom is 0.236 e. The summed E-state index contributed by atoms with van der Waals surface area (Å²) < 4.78 is 12.2. The summed E-state index contributed by atoms with van der Waals surface area (Å²) in [4.78, 5) is 4.16. The van der Waals surface area contributed by atoms with Crippen LogP contribution in [0.3, 0.4) is 0 Å². The average molecular weight is 398 g/mol. The highest BCUT2D eigenvalue weighted by atomic mass is 79.9. The smallest absolute Gasteiger partial charge is 0.236 e. The SMILES string of the molecule is N#Cc1nc(COc2ccc(Br)cc2)oc1NCCc1ccccc1. The molecule has 3 rings (SSSR count). The molecule has 0 atom stereocenters. The van der Waals surface area contributed by atoms with Crippen molar-refractivity contribution in [2.24, 2.45) is 0 Å². The highest BCUT2D eigenvalue weighted by Gasteiger charge is 2.13. The lowest BCUT2D eigenvalue weighted by Gasteiger charge is -2.04. The molecule has 5 nitrogen and oxygen atoms in total. The van der Waals surface area contributed by atoms with Gasteiger partial charge in [-0.15, -0.1) is 0 Å². The number of hydrogen-bond donors (Lipinski definition) is 1. The maximum atomic E-state index is 9.21. The van der Waals surface area contributed by atoms with Gasteiger partial charge in [-0.1, -0.05) is 46.3 Å². The Morgan fingerprint density at radius 3 is 2.60 bits per heavy atom. The van der Waals surface area contributed by atoms with Crippen LogP contribution >= 0.6 is 15.9 Å². The molecule has 0 saturated heterocycles. The fourth-order valence-corrected chi connectivity index (χ4v) is 2.53. The van der Waals surface area contributed by atoms with Crippen LogP contribution in [0.4, 0.5) is 5.88 Å². The first kappa shape index (κ1) is 17.1. The van der Waals surface area contributed by atoms with E-state index < -0.39 is 0 Å². The highest BCUT2D eigenvalue weighted by molar-refractivity contribution is 9.10. The molecular formula is C19H16BrN3O2. The second-order valence-corrected chi connectivity index (χ2v) is 6.22. The van der Waals surface area contributed by atoms with Crippen molar-refractivity contribution in [2.75, 3.05) is 11.9 Å². The molecular weight excluding hydrogens is 382 g/mol. The van der Waals surface area contributed by atoms with Crippen molar-refractivity contribution in [1.29, 1.82) is 5.26 Å². The number of nitriles is 1. The van der Waals surface area contributed by atoms with Gasteiger partial charge in [-0.2, -0.15) is 10.2 Å². The summed E-state index contributed by atoms with van der Waals surface area (Å²) in [6.07, 6.45) is 0.830. The van der Waals surface area contributed by atoms with Gasteiger partial charge in [-0.25, -0.2) is 0 Å². The molecule has 1 heterocycles. The predicted octanol–water partition coefficient (Wildman–Crippen LogP) is 4.54. The van der Waals surface area contributed by atoms with Gasteiger partial charge in [0.05, 0.1) is 0 Å². The predicted molar refractivity (Wildman–Crippen MR) is 98.3 cm³/mol. The molecule has 0 spiro atoms. The molecule has 0 unspecified atom stereocenters. The normalized spacial score (nSPS) is 10.2. The Hall–Kier alpha value is -2.78. The summed E-state index contributed by atoms with van der Waals surface area (Å²) in [5.41, 5.74) is 1.45. The number of rotatable bonds is 7. The minimum absolute atomic E-state index is 0.163. The van der Waals surface area contributed by atoms with Crippen LogP contribution in [-0.2, 0) is 13.0 Å². The quantitative estimate of drug-likeness (QED) is 0.633. The summed E-state index contributed by atoms with van der Waals surface area (Å²) in [5, 5.41) is 12.3. The van der Waals surface area contributed by atoms with E-state index in [1.165, 1.54) is 5.56 Å². The fraction of sp³-hybridized carbons (Fsp3) is 0.158. The maximum absolute atomic E-state index is 9.21. The summed E-state index contributed by atoms with van der Waals surface area (Å²) in [6, 6.07) is 19.6. The second-order valence-electron chi connectivity index (χ2n) is 5.30. The summed E-state index contributed by atoms with van der Waals surface area (Å²) in [7, 11) is 0. The molecule has 0 aliphatic rings. The third kappa shape index (κ3) is 4.85. The zero-order valence-electron chi connectivity index (χ0n) is 13.4. The molecule has 1 N–H and O–H groups in total. The van der Waals surface area contributed by atoms with Crippen molar-refractivity contribution in [3.63, 3.8) is 0 Å². The number of ether oxygens (including phenoxy) is 1. The number of aromatic nitrogens is 1. The number of nitrogens with zero attached hydrogens (tertiary/aromatic N) is 2. The van der Waals surface area contributed by atoms with Gasteiger partial charge in [0.1, 0.15) is 11.8 Å². The van der Waals surface area contributed by atoms with Gasteiger partial charge in [-0.3, -0.25) is 0 Å². The van der Waals surface area contributed by atoms with E-state index >= 15 is 0 Å². The molecule has 0 aliphatic heterocycles. The van der Waals surface area contributed by atoms with E-state index in [9.17, 15) is 5.26 Å². The van der Waals surface area contributed by atoms with Gasteiger partial charge < -0.3 is 14.5 Å². The number of anilines is 1. The molecule has 2 aromatic carbocycles. The highest BCUT2D eigenvalue weighted by Crippen LogP contribution is 2.20. The Balaban J connectivity index is 1.57. The van der Waals surface area contributed by atoms with Crippen molar-refractivity contribution in [2.45, 2.75) is 13.0 Å². The molecule has 126 valence electrons. The van der Waals surface area contributed by atoms with Crippen LogP contribution in [-0.4, -0.2) is 11.5 Å². The zero-order valence-corrected chi connectivity index (χ0v) is 15.0. The largest absolute Gasteiger partial charge is 0.484 e. The first-order valence-electron chi connectivity index (χ1n) is 7.80. The minimum atomic E-state index is 0.163. The number of nitrogens with one attached hydrogen (secondary N) is 1. The Kier molecular flexibility index (Phi) is 5.70. The van der Waals surface area contributed by atoms with Crippen LogP contribution in [0.2, 0.25) is 0 Å². The van der Waals surface area contributed by atoms with Crippen molar-refractivity contribution >= 4 is 21.8 Å². The van der Waals surface area contributed by atoms with Crippen molar-refractivity contribution in [3.05, 3.63) is 76.2 Å². The van der Waals surface area contributed by atoms with E-state index in [-0.39, 0.29) is 12.3 Å². The first-order valence-corrected chi connectivity index (χ1v) is 8.60. The summed E-state index contributed by atoms with van der Waals surface area (Å²) in [6.45, 7) is 0.817. The third-order valence-corrected chi connectivity index (χ3v) is 4.02. The van der Waals surface area contributed by atoms with Gasteiger partial charge in [-0.05, 0) is 36.2 Å². The van der Waals surface area contributed by atoms with E-state index in [0.717, 1.165) is 10.9 Å². The van der Waals surface area contributed by atoms with E-state index in [0.29, 0.717) is 24.1 Å². The minimum Gasteiger partial charge on any atom is -0.484 e. The van der Waals surface area contributed by atoms with Crippen LogP contribution in [0.5, 0.6) is 5.75 Å². The molecule has 0 amide bonds. The molecule has 1 aromatic heterocycles. The number of benzene rings is 2. The van der Waals surface area contributed by atoms with Gasteiger partial charge in [0.2, 0.25) is 17.5 Å². The topological polar surface area (TPSA) is 71.1 Å². The molecule has 0 radical (unpaired) electrons. The molecule has 0 fully saturated rings. The Morgan fingerprint density at radius 1 is 1.12 bits per heavy atom. The molecule has 0 saturated carbocycles. The monoisotopic (exact) mass is 397 g/mol. The van der Waals surface area contributed by atoms with Crippen molar-refractivity contribution in [3.8, 4) is 11.8 Å². The van der Waals surface area contributed by atoms with Crippen molar-refractivity contribution in [1.82, 2.24) is 4.98 Å². The van der Waals surface area contributed by atoms with E-state index in [2.05, 4.69) is 38.4 Å². The standard InChI is InChI=1S/C19H16BrN3O2/c20-15-6-8-16(9-7-15)24-13-18-23-17(12-21)19(25-18)22-11-10-14-4-2-1-3-5-14/h1-9,22H,10-11,13H2. The van der Waals surface area contributed by atoms with Gasteiger partial charge in [0, 0.05) is 11.0 Å². The number of hydrogen-bond acceptors (Lipinski definition) is 5. The van der Waals surface area contributed by atoms with Crippen LogP contribution in [0.1, 0.15) is 17.1 Å². The zero-order chi connectivity index (χ0) is 17.5. The van der Waals surface area contributed by atoms with Gasteiger partial charge >= 0.3 is 0 Å². The molecule has 25 heavy (non-hydrogen) atoms. The fourth-order valence-electron chi connectivity index (χ4n) is 2.26. The summed E-state index contributed by atoms with van der Waals surface area (Å²) in [5.74, 6) is 1.45. The number of oxazole rings is 1. The average Bonchev–Trinajstić information content (AvgIpc) is 3.04. The molecule has 0 bridgehead atoms.